The summed E-state index contributed by atoms with van der Waals surface area (Å²) in [5.41, 5.74) is -0.0896. The maximum atomic E-state index is 11.7. The maximum absolute atomic E-state index is 11.7. The van der Waals surface area contributed by atoms with Gasteiger partial charge in [-0.3, -0.25) is 4.79 Å². The van der Waals surface area contributed by atoms with Gasteiger partial charge in [0.15, 0.2) is 0 Å². The van der Waals surface area contributed by atoms with E-state index < -0.39 is 5.60 Å². The number of ether oxygens (including phenoxy) is 1. The van der Waals surface area contributed by atoms with Gasteiger partial charge in [-0.1, -0.05) is 17.7 Å². The van der Waals surface area contributed by atoms with Gasteiger partial charge in [-0.05, 0) is 26.0 Å². The first kappa shape index (κ1) is 12.9. The van der Waals surface area contributed by atoms with E-state index >= 15 is 0 Å². The van der Waals surface area contributed by atoms with Crippen LogP contribution >= 0.6 is 11.6 Å². The highest BCUT2D eigenvalue weighted by atomic mass is 35.5. The minimum absolute atomic E-state index is 0.257. The van der Waals surface area contributed by atoms with Crippen molar-refractivity contribution in [3.05, 3.63) is 29.0 Å². The zero-order valence-corrected chi connectivity index (χ0v) is 10.3. The Morgan fingerprint density at radius 1 is 1.56 bits per heavy atom. The van der Waals surface area contributed by atoms with Gasteiger partial charge in [-0.15, -0.1) is 0 Å². The van der Waals surface area contributed by atoms with Gasteiger partial charge in [-0.2, -0.15) is 0 Å². The van der Waals surface area contributed by atoms with Crippen LogP contribution in [0.2, 0.25) is 5.15 Å². The predicted molar refractivity (Wildman–Crippen MR) is 62.7 cm³/mol. The summed E-state index contributed by atoms with van der Waals surface area (Å²) >= 11 is 5.69. The minimum Gasteiger partial charge on any atom is -0.377 e. The van der Waals surface area contributed by atoms with Gasteiger partial charge in [-0.25, -0.2) is 4.98 Å². The summed E-state index contributed by atoms with van der Waals surface area (Å²) in [7, 11) is 1.60. The largest absolute Gasteiger partial charge is 0.377 e. The number of aromatic nitrogens is 1. The summed E-state index contributed by atoms with van der Waals surface area (Å²) in [4.78, 5) is 15.6. The molecule has 0 spiro atoms. The highest BCUT2D eigenvalue weighted by molar-refractivity contribution is 6.29. The minimum atomic E-state index is -0.395. The van der Waals surface area contributed by atoms with Crippen molar-refractivity contribution in [1.82, 2.24) is 10.3 Å². The van der Waals surface area contributed by atoms with Crippen LogP contribution in [0.1, 0.15) is 24.3 Å². The van der Waals surface area contributed by atoms with E-state index in [-0.39, 0.29) is 5.91 Å². The number of hydrogen-bond donors (Lipinski definition) is 1. The molecule has 0 fully saturated rings. The molecule has 0 aliphatic heterocycles. The molecule has 0 aromatic carbocycles. The SMILES string of the molecule is COC(C)(C)CNC(=O)c1cccc(Cl)n1. The van der Waals surface area contributed by atoms with Crippen LogP contribution < -0.4 is 5.32 Å². The third-order valence-electron chi connectivity index (χ3n) is 2.18. The third kappa shape index (κ3) is 3.79. The first-order valence-electron chi connectivity index (χ1n) is 4.90. The normalized spacial score (nSPS) is 11.2. The fourth-order valence-corrected chi connectivity index (χ4v) is 1.15. The molecular weight excluding hydrogens is 228 g/mol. The molecular formula is C11H15ClN2O2. The molecule has 1 aromatic heterocycles. The Morgan fingerprint density at radius 2 is 2.25 bits per heavy atom. The molecule has 0 aliphatic carbocycles. The molecule has 5 heteroatoms. The van der Waals surface area contributed by atoms with E-state index in [1.807, 2.05) is 13.8 Å². The Morgan fingerprint density at radius 3 is 2.81 bits per heavy atom. The lowest BCUT2D eigenvalue weighted by molar-refractivity contribution is 0.0228. The number of carbonyl (C=O) groups excluding carboxylic acids is 1. The summed E-state index contributed by atoms with van der Waals surface area (Å²) in [5, 5.41) is 3.04. The molecule has 88 valence electrons. The van der Waals surface area contributed by atoms with Gasteiger partial charge in [0.2, 0.25) is 0 Å². The Balaban J connectivity index is 2.60. The van der Waals surface area contributed by atoms with Crippen LogP contribution in [-0.4, -0.2) is 30.1 Å². The predicted octanol–water partition coefficient (Wildman–Crippen LogP) is 1.89. The molecule has 1 aromatic rings. The van der Waals surface area contributed by atoms with Crippen molar-refractivity contribution in [3.63, 3.8) is 0 Å². The van der Waals surface area contributed by atoms with E-state index in [0.717, 1.165) is 0 Å². The lowest BCUT2D eigenvalue weighted by atomic mass is 10.1. The smallest absolute Gasteiger partial charge is 0.270 e. The zero-order chi connectivity index (χ0) is 12.2. The topological polar surface area (TPSA) is 51.2 Å². The number of halogens is 1. The number of nitrogens with one attached hydrogen (secondary N) is 1. The Bertz CT molecular complexity index is 380. The molecule has 1 amide bonds. The molecule has 0 radical (unpaired) electrons. The second-order valence-corrected chi connectivity index (χ2v) is 4.38. The van der Waals surface area contributed by atoms with Crippen molar-refractivity contribution in [2.45, 2.75) is 19.4 Å². The van der Waals surface area contributed by atoms with Gasteiger partial charge in [0, 0.05) is 13.7 Å². The van der Waals surface area contributed by atoms with Gasteiger partial charge < -0.3 is 10.1 Å². The molecule has 0 atom stereocenters. The van der Waals surface area contributed by atoms with Crippen LogP contribution in [0.25, 0.3) is 0 Å². The molecule has 0 bridgehead atoms. The Hall–Kier alpha value is -1.13. The highest BCUT2D eigenvalue weighted by Gasteiger charge is 2.18. The van der Waals surface area contributed by atoms with Crippen molar-refractivity contribution < 1.29 is 9.53 Å². The van der Waals surface area contributed by atoms with E-state index in [1.54, 1.807) is 25.3 Å². The van der Waals surface area contributed by atoms with Crippen molar-refractivity contribution in [1.29, 1.82) is 0 Å². The molecule has 16 heavy (non-hydrogen) atoms. The Labute approximate surface area is 100.0 Å². The third-order valence-corrected chi connectivity index (χ3v) is 2.39. The molecule has 0 aliphatic rings. The van der Waals surface area contributed by atoms with E-state index in [2.05, 4.69) is 10.3 Å². The fraction of sp³-hybridized carbons (Fsp3) is 0.455. The van der Waals surface area contributed by atoms with Crippen LogP contribution in [0.4, 0.5) is 0 Å². The van der Waals surface area contributed by atoms with Gasteiger partial charge >= 0.3 is 0 Å². The van der Waals surface area contributed by atoms with Crippen LogP contribution in [0.5, 0.6) is 0 Å². The van der Waals surface area contributed by atoms with Crippen LogP contribution in [0.3, 0.4) is 0 Å². The number of methoxy groups -OCH3 is 1. The molecule has 1 N–H and O–H groups in total. The average molecular weight is 243 g/mol. The van der Waals surface area contributed by atoms with Crippen molar-refractivity contribution in [2.75, 3.05) is 13.7 Å². The molecule has 4 nitrogen and oxygen atoms in total. The van der Waals surface area contributed by atoms with E-state index in [1.165, 1.54) is 0 Å². The summed E-state index contributed by atoms with van der Waals surface area (Å²) in [6, 6.07) is 4.92. The lowest BCUT2D eigenvalue weighted by Gasteiger charge is -2.22. The highest BCUT2D eigenvalue weighted by Crippen LogP contribution is 2.07. The number of pyridine rings is 1. The second-order valence-electron chi connectivity index (χ2n) is 3.99. The van der Waals surface area contributed by atoms with Gasteiger partial charge in [0.05, 0.1) is 5.60 Å². The zero-order valence-electron chi connectivity index (χ0n) is 9.58. The number of hydrogen-bond acceptors (Lipinski definition) is 3. The molecule has 1 heterocycles. The summed E-state index contributed by atoms with van der Waals surface area (Å²) in [5.74, 6) is -0.257. The summed E-state index contributed by atoms with van der Waals surface area (Å²) in [6.07, 6.45) is 0. The lowest BCUT2D eigenvalue weighted by Crippen LogP contribution is -2.39. The second kappa shape index (κ2) is 5.27. The number of amides is 1. The van der Waals surface area contributed by atoms with Crippen LogP contribution in [0, 0.1) is 0 Å². The van der Waals surface area contributed by atoms with Gasteiger partial charge in [0.25, 0.3) is 5.91 Å². The van der Waals surface area contributed by atoms with Crippen molar-refractivity contribution >= 4 is 17.5 Å². The monoisotopic (exact) mass is 242 g/mol. The summed E-state index contributed by atoms with van der Waals surface area (Å²) in [6.45, 7) is 4.19. The number of rotatable bonds is 4. The van der Waals surface area contributed by atoms with E-state index in [9.17, 15) is 4.79 Å². The standard InChI is InChI=1S/C11H15ClN2O2/c1-11(2,16-3)7-13-10(15)8-5-4-6-9(12)14-8/h4-6H,7H2,1-3H3,(H,13,15). The fourth-order valence-electron chi connectivity index (χ4n) is 0.991. The first-order valence-corrected chi connectivity index (χ1v) is 5.28. The number of nitrogens with zero attached hydrogens (tertiary/aromatic N) is 1. The molecule has 1 rings (SSSR count). The molecule has 0 saturated heterocycles. The van der Waals surface area contributed by atoms with Gasteiger partial charge in [0.1, 0.15) is 10.8 Å². The molecule has 0 unspecified atom stereocenters. The molecule has 0 saturated carbocycles. The first-order chi connectivity index (χ1) is 7.44. The van der Waals surface area contributed by atoms with Crippen LogP contribution in [0.15, 0.2) is 18.2 Å². The Kier molecular flexibility index (Phi) is 4.26. The maximum Gasteiger partial charge on any atom is 0.270 e. The van der Waals surface area contributed by atoms with Crippen molar-refractivity contribution in [2.24, 2.45) is 0 Å². The van der Waals surface area contributed by atoms with Crippen LogP contribution in [-0.2, 0) is 4.74 Å². The average Bonchev–Trinajstić information content (AvgIpc) is 2.26. The summed E-state index contributed by atoms with van der Waals surface area (Å²) < 4.78 is 5.19. The van der Waals surface area contributed by atoms with E-state index in [4.69, 9.17) is 16.3 Å². The number of carbonyl (C=O) groups is 1. The quantitative estimate of drug-likeness (QED) is 0.821. The van der Waals surface area contributed by atoms with E-state index in [0.29, 0.717) is 17.4 Å². The van der Waals surface area contributed by atoms with Crippen molar-refractivity contribution in [3.8, 4) is 0 Å².